The molecule has 0 saturated heterocycles. The zero-order chi connectivity index (χ0) is 13.8. The lowest BCUT2D eigenvalue weighted by Crippen LogP contribution is -2.25. The van der Waals surface area contributed by atoms with Crippen LogP contribution in [0.15, 0.2) is 6.20 Å². The topological polar surface area (TPSA) is 118 Å². The fourth-order valence-electron chi connectivity index (χ4n) is 2.22. The molecule has 0 unspecified atom stereocenters. The van der Waals surface area contributed by atoms with Crippen LogP contribution in [0.1, 0.15) is 42.6 Å². The largest absolute Gasteiger partial charge is 0.476 e. The number of rotatable bonds is 3. The van der Waals surface area contributed by atoms with Crippen LogP contribution < -0.4 is 11.1 Å². The molecule has 1 saturated carbocycles. The number of carbonyl (C=O) groups excluding carboxylic acids is 1. The summed E-state index contributed by atoms with van der Waals surface area (Å²) >= 11 is 0. The van der Waals surface area contributed by atoms with E-state index in [1.165, 1.54) is 12.6 Å². The Kier molecular flexibility index (Phi) is 3.94. The van der Waals surface area contributed by atoms with Crippen molar-refractivity contribution in [3.63, 3.8) is 0 Å². The van der Waals surface area contributed by atoms with Gasteiger partial charge in [-0.1, -0.05) is 19.3 Å². The quantitative estimate of drug-likeness (QED) is 0.756. The molecule has 0 bridgehead atoms. The summed E-state index contributed by atoms with van der Waals surface area (Å²) in [6.07, 6.45) is 6.25. The second-order valence-corrected chi connectivity index (χ2v) is 4.62. The molecule has 1 heterocycles. The van der Waals surface area contributed by atoms with Crippen LogP contribution in [0.2, 0.25) is 0 Å². The van der Waals surface area contributed by atoms with Crippen molar-refractivity contribution in [1.82, 2.24) is 9.97 Å². The molecule has 0 spiro atoms. The summed E-state index contributed by atoms with van der Waals surface area (Å²) in [7, 11) is 0. The molecule has 0 aromatic carbocycles. The lowest BCUT2D eigenvalue weighted by Gasteiger charge is -2.20. The first-order chi connectivity index (χ1) is 9.08. The lowest BCUT2D eigenvalue weighted by molar-refractivity contribution is -0.120. The highest BCUT2D eigenvalue weighted by molar-refractivity contribution is 5.93. The Morgan fingerprint density at radius 2 is 2.00 bits per heavy atom. The molecule has 0 radical (unpaired) electrons. The van der Waals surface area contributed by atoms with Gasteiger partial charge in [0, 0.05) is 5.92 Å². The molecule has 1 aliphatic rings. The van der Waals surface area contributed by atoms with Gasteiger partial charge in [0.05, 0.1) is 6.20 Å². The van der Waals surface area contributed by atoms with Gasteiger partial charge in [0.2, 0.25) is 5.91 Å². The number of carboxylic acids is 1. The van der Waals surface area contributed by atoms with Crippen molar-refractivity contribution >= 4 is 23.5 Å². The van der Waals surface area contributed by atoms with Gasteiger partial charge in [-0.3, -0.25) is 4.79 Å². The molecule has 2 rings (SSSR count). The van der Waals surface area contributed by atoms with Gasteiger partial charge in [-0.05, 0) is 12.8 Å². The zero-order valence-electron chi connectivity index (χ0n) is 10.4. The van der Waals surface area contributed by atoms with Crippen molar-refractivity contribution in [2.45, 2.75) is 32.1 Å². The zero-order valence-corrected chi connectivity index (χ0v) is 10.4. The minimum atomic E-state index is -1.24. The van der Waals surface area contributed by atoms with E-state index in [1.54, 1.807) is 0 Å². The first-order valence-corrected chi connectivity index (χ1v) is 6.24. The van der Waals surface area contributed by atoms with E-state index in [9.17, 15) is 9.59 Å². The highest BCUT2D eigenvalue weighted by Gasteiger charge is 2.22. The molecule has 1 aromatic heterocycles. The van der Waals surface area contributed by atoms with Crippen LogP contribution in [0.5, 0.6) is 0 Å². The van der Waals surface area contributed by atoms with Crippen molar-refractivity contribution in [3.8, 4) is 0 Å². The third-order valence-electron chi connectivity index (χ3n) is 3.23. The molecule has 7 heteroatoms. The van der Waals surface area contributed by atoms with Gasteiger partial charge in [0.15, 0.2) is 17.3 Å². The number of nitrogens with two attached hydrogens (primary N) is 1. The molecule has 7 nitrogen and oxygen atoms in total. The molecule has 4 N–H and O–H groups in total. The van der Waals surface area contributed by atoms with Crippen molar-refractivity contribution in [2.75, 3.05) is 11.1 Å². The predicted molar refractivity (Wildman–Crippen MR) is 68.6 cm³/mol. The predicted octanol–water partition coefficient (Wildman–Crippen LogP) is 1.28. The maximum Gasteiger partial charge on any atom is 0.358 e. The Morgan fingerprint density at radius 1 is 1.32 bits per heavy atom. The standard InChI is InChI=1S/C12H16N4O3/c13-10-9(12(18)19)14-6-8(15-10)16-11(17)7-4-2-1-3-5-7/h6-7H,1-5H2,(H,18,19)(H3,13,15,16,17). The highest BCUT2D eigenvalue weighted by Crippen LogP contribution is 2.24. The first kappa shape index (κ1) is 13.3. The van der Waals surface area contributed by atoms with E-state index in [-0.39, 0.29) is 29.2 Å². The smallest absolute Gasteiger partial charge is 0.358 e. The third-order valence-corrected chi connectivity index (χ3v) is 3.23. The van der Waals surface area contributed by atoms with E-state index in [0.717, 1.165) is 25.7 Å². The lowest BCUT2D eigenvalue weighted by atomic mass is 9.89. The van der Waals surface area contributed by atoms with Crippen LogP contribution in [0.3, 0.4) is 0 Å². The van der Waals surface area contributed by atoms with Crippen molar-refractivity contribution < 1.29 is 14.7 Å². The molecule has 0 atom stereocenters. The van der Waals surface area contributed by atoms with Crippen LogP contribution in [-0.4, -0.2) is 27.0 Å². The summed E-state index contributed by atoms with van der Waals surface area (Å²) in [5.41, 5.74) is 5.16. The number of hydrogen-bond donors (Lipinski definition) is 3. The number of carbonyl (C=O) groups is 2. The Morgan fingerprint density at radius 3 is 2.58 bits per heavy atom. The van der Waals surface area contributed by atoms with Crippen LogP contribution in [0, 0.1) is 5.92 Å². The minimum Gasteiger partial charge on any atom is -0.476 e. The number of anilines is 2. The number of hydrogen-bond acceptors (Lipinski definition) is 5. The van der Waals surface area contributed by atoms with Crippen molar-refractivity contribution in [3.05, 3.63) is 11.9 Å². The second kappa shape index (κ2) is 5.64. The van der Waals surface area contributed by atoms with Gasteiger partial charge in [-0.2, -0.15) is 0 Å². The number of aromatic carboxylic acids is 1. The minimum absolute atomic E-state index is 0.00377. The summed E-state index contributed by atoms with van der Waals surface area (Å²) < 4.78 is 0. The van der Waals surface area contributed by atoms with Crippen molar-refractivity contribution in [2.24, 2.45) is 5.92 Å². The molecular formula is C12H16N4O3. The van der Waals surface area contributed by atoms with Gasteiger partial charge >= 0.3 is 5.97 Å². The Bertz CT molecular complexity index is 498. The molecule has 1 aliphatic carbocycles. The van der Waals surface area contributed by atoms with E-state index in [0.29, 0.717) is 0 Å². The fraction of sp³-hybridized carbons (Fsp3) is 0.500. The molecule has 1 aromatic rings. The summed E-state index contributed by atoms with van der Waals surface area (Å²) in [5, 5.41) is 11.4. The van der Waals surface area contributed by atoms with Crippen LogP contribution >= 0.6 is 0 Å². The molecule has 1 amide bonds. The SMILES string of the molecule is Nc1nc(NC(=O)C2CCCCC2)cnc1C(=O)O. The van der Waals surface area contributed by atoms with Gasteiger partial charge in [0.1, 0.15) is 0 Å². The van der Waals surface area contributed by atoms with E-state index >= 15 is 0 Å². The van der Waals surface area contributed by atoms with E-state index < -0.39 is 5.97 Å². The van der Waals surface area contributed by atoms with E-state index in [4.69, 9.17) is 10.8 Å². The number of nitrogens with one attached hydrogen (secondary N) is 1. The highest BCUT2D eigenvalue weighted by atomic mass is 16.4. The Hall–Kier alpha value is -2.18. The van der Waals surface area contributed by atoms with Crippen LogP contribution in [-0.2, 0) is 4.79 Å². The summed E-state index contributed by atoms with van der Waals surface area (Å²) in [4.78, 5) is 30.2. The van der Waals surface area contributed by atoms with E-state index in [1.807, 2.05) is 0 Å². The van der Waals surface area contributed by atoms with Gasteiger partial charge in [-0.15, -0.1) is 0 Å². The first-order valence-electron chi connectivity index (χ1n) is 6.24. The Balaban J connectivity index is 2.04. The monoisotopic (exact) mass is 264 g/mol. The number of amides is 1. The average molecular weight is 264 g/mol. The number of carboxylic acid groups (broad SMARTS) is 1. The van der Waals surface area contributed by atoms with Crippen LogP contribution in [0.25, 0.3) is 0 Å². The Labute approximate surface area is 110 Å². The number of nitrogens with zero attached hydrogens (tertiary/aromatic N) is 2. The second-order valence-electron chi connectivity index (χ2n) is 4.62. The maximum atomic E-state index is 12.0. The average Bonchev–Trinajstić information content (AvgIpc) is 2.39. The molecule has 19 heavy (non-hydrogen) atoms. The number of aromatic nitrogens is 2. The molecule has 1 fully saturated rings. The third kappa shape index (κ3) is 3.18. The normalized spacial score (nSPS) is 16.0. The molecule has 102 valence electrons. The summed E-state index contributed by atoms with van der Waals surface area (Å²) in [5.74, 6) is -1.35. The maximum absolute atomic E-state index is 12.0. The van der Waals surface area contributed by atoms with Gasteiger partial charge in [-0.25, -0.2) is 14.8 Å². The van der Waals surface area contributed by atoms with Gasteiger partial charge < -0.3 is 16.2 Å². The molecular weight excluding hydrogens is 248 g/mol. The summed E-state index contributed by atoms with van der Waals surface area (Å²) in [6.45, 7) is 0. The van der Waals surface area contributed by atoms with Gasteiger partial charge in [0.25, 0.3) is 0 Å². The van der Waals surface area contributed by atoms with Crippen LogP contribution in [0.4, 0.5) is 11.6 Å². The molecule has 0 aliphatic heterocycles. The van der Waals surface area contributed by atoms with E-state index in [2.05, 4.69) is 15.3 Å². The number of nitrogen functional groups attached to an aromatic ring is 1. The summed E-state index contributed by atoms with van der Waals surface area (Å²) in [6, 6.07) is 0. The van der Waals surface area contributed by atoms with Crippen molar-refractivity contribution in [1.29, 1.82) is 0 Å². The fourth-order valence-corrected chi connectivity index (χ4v) is 2.22.